The van der Waals surface area contributed by atoms with Crippen molar-refractivity contribution in [3.05, 3.63) is 107 Å². The van der Waals surface area contributed by atoms with Gasteiger partial charge in [-0.2, -0.15) is 0 Å². The minimum Gasteiger partial charge on any atom is -0.433 e. The summed E-state index contributed by atoms with van der Waals surface area (Å²) in [4.78, 5) is 29.3. The molecule has 0 bridgehead atoms. The molecule has 10 heteroatoms. The van der Waals surface area contributed by atoms with E-state index in [4.69, 9.17) is 27.9 Å². The minimum absolute atomic E-state index is 0.0338. The van der Waals surface area contributed by atoms with Crippen LogP contribution in [0.1, 0.15) is 55.2 Å². The van der Waals surface area contributed by atoms with Crippen molar-refractivity contribution in [1.29, 1.82) is 0 Å². The summed E-state index contributed by atoms with van der Waals surface area (Å²) in [6, 6.07) is 28.0. The van der Waals surface area contributed by atoms with Crippen LogP contribution < -0.4 is 10.6 Å². The molecule has 3 aromatic rings. The molecule has 2 saturated heterocycles. The Hall–Kier alpha value is -3.30. The third-order valence-electron chi connectivity index (χ3n) is 9.61. The second kappa shape index (κ2) is 16.0. The molecule has 0 radical (unpaired) electrons. The molecule has 0 unspecified atom stereocenters. The lowest BCUT2D eigenvalue weighted by Gasteiger charge is -2.40. The molecular formula is C36H44Cl2N4O4. The average Bonchev–Trinajstić information content (AvgIpc) is 3.09. The number of halogens is 2. The quantitative estimate of drug-likeness (QED) is 0.204. The molecule has 0 aliphatic carbocycles. The molecule has 2 aliphatic heterocycles. The van der Waals surface area contributed by atoms with Gasteiger partial charge < -0.3 is 30.3 Å². The number of nitrogens with one attached hydrogen (secondary N) is 2. The second-order valence-corrected chi connectivity index (χ2v) is 13.1. The van der Waals surface area contributed by atoms with Crippen molar-refractivity contribution in [3.63, 3.8) is 0 Å². The summed E-state index contributed by atoms with van der Waals surface area (Å²) < 4.78 is 4.89. The number of piperidine rings is 2. The largest absolute Gasteiger partial charge is 0.433 e. The van der Waals surface area contributed by atoms with E-state index in [9.17, 15) is 14.7 Å². The summed E-state index contributed by atoms with van der Waals surface area (Å²) in [6.45, 7) is 3.97. The number of aliphatic hydroxyl groups is 1. The summed E-state index contributed by atoms with van der Waals surface area (Å²) in [5.41, 5.74) is 1.97. The molecule has 3 aromatic carbocycles. The first-order valence-corrected chi connectivity index (χ1v) is 17.1. The normalized spacial score (nSPS) is 17.3. The highest BCUT2D eigenvalue weighted by molar-refractivity contribution is 6.30. The number of rotatable bonds is 11. The summed E-state index contributed by atoms with van der Waals surface area (Å²) in [5.74, 6) is 0. The van der Waals surface area contributed by atoms with Gasteiger partial charge in [-0.1, -0.05) is 96.0 Å². The number of amides is 3. The van der Waals surface area contributed by atoms with Crippen LogP contribution in [-0.2, 0) is 15.8 Å². The third-order valence-corrected chi connectivity index (χ3v) is 9.97. The van der Waals surface area contributed by atoms with Gasteiger partial charge in [-0.3, -0.25) is 0 Å². The van der Waals surface area contributed by atoms with E-state index in [-0.39, 0.29) is 18.1 Å². The molecule has 0 aromatic heterocycles. The van der Waals surface area contributed by atoms with Crippen LogP contribution in [0.25, 0.3) is 0 Å². The van der Waals surface area contributed by atoms with E-state index in [1.54, 1.807) is 4.90 Å². The lowest BCUT2D eigenvalue weighted by molar-refractivity contribution is -0.0262. The number of benzene rings is 3. The molecule has 0 saturated carbocycles. The minimum atomic E-state index is -0.833. The number of urea groups is 1. The topological polar surface area (TPSA) is 94.1 Å². The number of hydrogen-bond donors (Lipinski definition) is 3. The molecule has 8 nitrogen and oxygen atoms in total. The Kier molecular flexibility index (Phi) is 11.8. The predicted molar refractivity (Wildman–Crippen MR) is 182 cm³/mol. The molecule has 2 heterocycles. The molecule has 5 rings (SSSR count). The molecule has 2 aliphatic rings. The van der Waals surface area contributed by atoms with Gasteiger partial charge in [0.25, 0.3) is 0 Å². The van der Waals surface area contributed by atoms with Gasteiger partial charge in [-0.15, -0.1) is 0 Å². The fraction of sp³-hybridized carbons (Fsp3) is 0.444. The molecular weight excluding hydrogens is 623 g/mol. The summed E-state index contributed by atoms with van der Waals surface area (Å²) in [6.07, 6.45) is 3.98. The van der Waals surface area contributed by atoms with E-state index in [0.29, 0.717) is 50.3 Å². The van der Waals surface area contributed by atoms with E-state index in [1.807, 2.05) is 36.4 Å². The van der Waals surface area contributed by atoms with Gasteiger partial charge in [0.05, 0.1) is 5.60 Å². The van der Waals surface area contributed by atoms with Crippen LogP contribution in [0.15, 0.2) is 84.9 Å². The highest BCUT2D eigenvalue weighted by atomic mass is 35.5. The van der Waals surface area contributed by atoms with Crippen molar-refractivity contribution in [1.82, 2.24) is 20.4 Å². The number of carbonyl (C=O) groups excluding carboxylic acids is 2. The molecule has 246 valence electrons. The van der Waals surface area contributed by atoms with Crippen LogP contribution >= 0.6 is 23.2 Å². The molecule has 46 heavy (non-hydrogen) atoms. The molecule has 3 amide bonds. The Balaban J connectivity index is 1.23. The van der Waals surface area contributed by atoms with Gasteiger partial charge in [0.1, 0.15) is 0 Å². The Morgan fingerprint density at radius 3 is 2.04 bits per heavy atom. The molecule has 0 atom stereocenters. The van der Waals surface area contributed by atoms with Crippen molar-refractivity contribution in [2.24, 2.45) is 0 Å². The van der Waals surface area contributed by atoms with Crippen LogP contribution in [0, 0.1) is 0 Å². The Morgan fingerprint density at radius 2 is 1.48 bits per heavy atom. The van der Waals surface area contributed by atoms with E-state index < -0.39 is 17.1 Å². The second-order valence-electron chi connectivity index (χ2n) is 12.4. The van der Waals surface area contributed by atoms with Crippen molar-refractivity contribution in [3.8, 4) is 0 Å². The first kappa shape index (κ1) is 34.0. The maximum Gasteiger partial charge on any atom is 0.410 e. The van der Waals surface area contributed by atoms with Crippen molar-refractivity contribution in [2.45, 2.75) is 55.6 Å². The van der Waals surface area contributed by atoms with Crippen LogP contribution in [0.4, 0.5) is 9.59 Å². The zero-order chi connectivity index (χ0) is 32.4. The summed E-state index contributed by atoms with van der Waals surface area (Å²) in [5, 5.41) is 18.4. The van der Waals surface area contributed by atoms with Crippen molar-refractivity contribution >= 4 is 35.3 Å². The van der Waals surface area contributed by atoms with Crippen molar-refractivity contribution in [2.75, 3.05) is 45.3 Å². The number of likely N-dealkylation sites (tertiary alicyclic amines) is 2. The molecule has 2 fully saturated rings. The van der Waals surface area contributed by atoms with Gasteiger partial charge in [-0.25, -0.2) is 9.59 Å². The van der Waals surface area contributed by atoms with Crippen molar-refractivity contribution < 1.29 is 19.4 Å². The van der Waals surface area contributed by atoms with E-state index in [1.165, 1.54) is 0 Å². The summed E-state index contributed by atoms with van der Waals surface area (Å²) in [7, 11) is 0. The predicted octanol–water partition coefficient (Wildman–Crippen LogP) is 6.49. The molecule has 3 N–H and O–H groups in total. The van der Waals surface area contributed by atoms with E-state index >= 15 is 0 Å². The number of alkyl halides is 1. The Bertz CT molecular complexity index is 1360. The monoisotopic (exact) mass is 666 g/mol. The highest BCUT2D eigenvalue weighted by Crippen LogP contribution is 2.38. The first-order chi connectivity index (χ1) is 22.3. The fourth-order valence-corrected chi connectivity index (χ4v) is 7.09. The Labute approximate surface area is 282 Å². The highest BCUT2D eigenvalue weighted by Gasteiger charge is 2.37. The van der Waals surface area contributed by atoms with Gasteiger partial charge in [-0.05, 0) is 73.9 Å². The van der Waals surface area contributed by atoms with Crippen LogP contribution in [0.5, 0.6) is 0 Å². The van der Waals surface area contributed by atoms with Crippen LogP contribution in [-0.4, -0.2) is 78.4 Å². The summed E-state index contributed by atoms with van der Waals surface area (Å²) >= 11 is 11.6. The van der Waals surface area contributed by atoms with Crippen LogP contribution in [0.2, 0.25) is 5.02 Å². The first-order valence-electron chi connectivity index (χ1n) is 16.2. The molecule has 0 spiro atoms. The van der Waals surface area contributed by atoms with Gasteiger partial charge in [0, 0.05) is 49.2 Å². The van der Waals surface area contributed by atoms with Crippen LogP contribution in [0.3, 0.4) is 0 Å². The van der Waals surface area contributed by atoms with Gasteiger partial charge >= 0.3 is 12.1 Å². The maximum atomic E-state index is 13.3. The maximum absolute atomic E-state index is 13.3. The number of ether oxygens (including phenoxy) is 1. The number of nitrogens with zero attached hydrogens (tertiary/aromatic N) is 2. The number of hydrogen-bond acceptors (Lipinski definition) is 5. The number of carbonyl (C=O) groups is 2. The zero-order valence-electron chi connectivity index (χ0n) is 26.2. The standard InChI is InChI=1S/C36H44Cl2N4O4/c37-27-46-34(44)42-22-16-32(17-23-42)40-33(43)39-26-35(28-8-3-1-4-9-28,29-10-5-2-6-11-29)18-7-21-41-24-19-36(45,20-25-41)30-12-14-31(38)15-13-30/h1-6,8-15,32,45H,7,16-27H2,(H2,39,40,43). The Morgan fingerprint density at radius 1 is 0.891 bits per heavy atom. The zero-order valence-corrected chi connectivity index (χ0v) is 27.7. The van der Waals surface area contributed by atoms with Gasteiger partial charge in [0.2, 0.25) is 0 Å². The smallest absolute Gasteiger partial charge is 0.410 e. The van der Waals surface area contributed by atoms with E-state index in [2.05, 4.69) is 64.1 Å². The average molecular weight is 668 g/mol. The lowest BCUT2D eigenvalue weighted by Crippen LogP contribution is -2.51. The van der Waals surface area contributed by atoms with E-state index in [0.717, 1.165) is 49.2 Å². The third kappa shape index (κ3) is 8.53. The lowest BCUT2D eigenvalue weighted by atomic mass is 9.71. The fourth-order valence-electron chi connectivity index (χ4n) is 6.87. The van der Waals surface area contributed by atoms with Gasteiger partial charge in [0.15, 0.2) is 6.07 Å². The SMILES string of the molecule is O=C(NCC(CCCN1CCC(O)(c2ccc(Cl)cc2)CC1)(c1ccccc1)c1ccccc1)NC1CCN(C(=O)OCCl)CC1.